The molecule has 0 atom stereocenters. The molecule has 0 bridgehead atoms. The lowest BCUT2D eigenvalue weighted by molar-refractivity contribution is 0.474. The minimum atomic E-state index is 0.351. The van der Waals surface area contributed by atoms with E-state index in [-0.39, 0.29) is 0 Å². The van der Waals surface area contributed by atoms with Gasteiger partial charge in [-0.2, -0.15) is 0 Å². The molecule has 2 N–H and O–H groups in total. The van der Waals surface area contributed by atoms with Crippen LogP contribution >= 0.6 is 0 Å². The van der Waals surface area contributed by atoms with Crippen molar-refractivity contribution in [3.8, 4) is 5.75 Å². The third kappa shape index (κ3) is 1.82. The lowest BCUT2D eigenvalue weighted by atomic mass is 10.1. The average Bonchev–Trinajstić information content (AvgIpc) is 2.23. The molecular weight excluding hydrogens is 176 g/mol. The molecule has 0 unspecified atom stereocenters. The predicted octanol–water partition coefficient (Wildman–Crippen LogP) is 1.11. The highest BCUT2D eigenvalue weighted by Crippen LogP contribution is 2.24. The summed E-state index contributed by atoms with van der Waals surface area (Å²) in [5.74, 6) is 0.351. The van der Waals surface area contributed by atoms with Gasteiger partial charge in [-0.1, -0.05) is 6.07 Å². The summed E-state index contributed by atoms with van der Waals surface area (Å²) in [6, 6.07) is 5.55. The number of nitrogens with zero attached hydrogens (tertiary/aromatic N) is 1. The van der Waals surface area contributed by atoms with Gasteiger partial charge in [-0.3, -0.25) is 0 Å². The van der Waals surface area contributed by atoms with Crippen molar-refractivity contribution in [3.05, 3.63) is 23.8 Å². The summed E-state index contributed by atoms with van der Waals surface area (Å²) in [5.41, 5.74) is 2.39. The Morgan fingerprint density at radius 3 is 2.71 bits per heavy atom. The number of hydrogen-bond donors (Lipinski definition) is 2. The van der Waals surface area contributed by atoms with Crippen molar-refractivity contribution in [2.24, 2.45) is 0 Å². The topological polar surface area (TPSA) is 35.5 Å². The molecule has 1 aromatic rings. The monoisotopic (exact) mass is 192 g/mol. The Morgan fingerprint density at radius 2 is 2.00 bits per heavy atom. The Hall–Kier alpha value is -1.22. The maximum atomic E-state index is 9.43. The van der Waals surface area contributed by atoms with Gasteiger partial charge in [0.05, 0.1) is 0 Å². The number of aryl methyl sites for hydroxylation is 1. The maximum absolute atomic E-state index is 9.43. The van der Waals surface area contributed by atoms with Gasteiger partial charge in [0.2, 0.25) is 0 Å². The summed E-state index contributed by atoms with van der Waals surface area (Å²) in [4.78, 5) is 2.31. The Kier molecular flexibility index (Phi) is 2.59. The molecule has 3 heteroatoms. The van der Waals surface area contributed by atoms with Gasteiger partial charge >= 0.3 is 0 Å². The molecule has 1 aromatic carbocycles. The Balaban J connectivity index is 2.24. The number of rotatable bonds is 1. The lowest BCUT2D eigenvalue weighted by Gasteiger charge is -2.30. The first kappa shape index (κ1) is 9.34. The molecule has 2 rings (SSSR count). The number of hydrogen-bond acceptors (Lipinski definition) is 3. The van der Waals surface area contributed by atoms with Crippen molar-refractivity contribution >= 4 is 5.69 Å². The quantitative estimate of drug-likeness (QED) is 0.699. The van der Waals surface area contributed by atoms with E-state index in [9.17, 15) is 5.11 Å². The van der Waals surface area contributed by atoms with Gasteiger partial charge in [-0.15, -0.1) is 0 Å². The summed E-state index contributed by atoms with van der Waals surface area (Å²) < 4.78 is 0. The second-order valence-corrected chi connectivity index (χ2v) is 3.71. The molecule has 76 valence electrons. The highest BCUT2D eigenvalue weighted by atomic mass is 16.3. The lowest BCUT2D eigenvalue weighted by Crippen LogP contribution is -2.43. The third-order valence-corrected chi connectivity index (χ3v) is 2.65. The molecule has 1 heterocycles. The van der Waals surface area contributed by atoms with E-state index in [1.54, 1.807) is 6.07 Å². The van der Waals surface area contributed by atoms with Gasteiger partial charge in [-0.25, -0.2) is 0 Å². The van der Waals surface area contributed by atoms with Crippen molar-refractivity contribution in [1.29, 1.82) is 0 Å². The van der Waals surface area contributed by atoms with Crippen LogP contribution in [0.1, 0.15) is 5.56 Å². The molecule has 1 aliphatic heterocycles. The van der Waals surface area contributed by atoms with E-state index in [1.165, 1.54) is 5.56 Å². The number of phenolic OH excluding ortho intramolecular Hbond substituents is 1. The van der Waals surface area contributed by atoms with Crippen LogP contribution in [0.5, 0.6) is 5.75 Å². The molecule has 0 spiro atoms. The first-order chi connectivity index (χ1) is 6.77. The number of aromatic hydroxyl groups is 1. The van der Waals surface area contributed by atoms with Crippen molar-refractivity contribution in [2.45, 2.75) is 6.92 Å². The first-order valence-corrected chi connectivity index (χ1v) is 5.02. The fourth-order valence-corrected chi connectivity index (χ4v) is 1.84. The van der Waals surface area contributed by atoms with Gasteiger partial charge in [0.25, 0.3) is 0 Å². The van der Waals surface area contributed by atoms with Crippen LogP contribution < -0.4 is 10.2 Å². The number of anilines is 1. The van der Waals surface area contributed by atoms with Gasteiger partial charge in [0.1, 0.15) is 5.75 Å². The largest absolute Gasteiger partial charge is 0.508 e. The normalized spacial score (nSPS) is 17.1. The smallest absolute Gasteiger partial charge is 0.117 e. The fraction of sp³-hybridized carbons (Fsp3) is 0.455. The van der Waals surface area contributed by atoms with Crippen molar-refractivity contribution in [1.82, 2.24) is 5.32 Å². The molecule has 0 aliphatic carbocycles. The second-order valence-electron chi connectivity index (χ2n) is 3.71. The molecule has 1 saturated heterocycles. The third-order valence-electron chi connectivity index (χ3n) is 2.65. The van der Waals surface area contributed by atoms with E-state index in [0.717, 1.165) is 31.9 Å². The highest BCUT2D eigenvalue weighted by Gasteiger charge is 2.12. The number of benzene rings is 1. The fourth-order valence-electron chi connectivity index (χ4n) is 1.84. The minimum Gasteiger partial charge on any atom is -0.508 e. The zero-order chi connectivity index (χ0) is 9.97. The Labute approximate surface area is 84.4 Å². The molecule has 14 heavy (non-hydrogen) atoms. The van der Waals surface area contributed by atoms with E-state index in [2.05, 4.69) is 17.1 Å². The van der Waals surface area contributed by atoms with Crippen molar-refractivity contribution in [2.75, 3.05) is 31.1 Å². The average molecular weight is 192 g/mol. The van der Waals surface area contributed by atoms with Crippen molar-refractivity contribution < 1.29 is 5.11 Å². The van der Waals surface area contributed by atoms with Crippen LogP contribution in [0.4, 0.5) is 5.69 Å². The van der Waals surface area contributed by atoms with Gasteiger partial charge in [0.15, 0.2) is 0 Å². The molecule has 0 radical (unpaired) electrons. The molecule has 0 amide bonds. The van der Waals surface area contributed by atoms with Gasteiger partial charge in [0, 0.05) is 37.9 Å². The van der Waals surface area contributed by atoms with E-state index in [4.69, 9.17) is 0 Å². The SMILES string of the molecule is Cc1ccc(O)cc1N1CCNCC1. The summed E-state index contributed by atoms with van der Waals surface area (Å²) in [6.45, 7) is 6.16. The zero-order valence-electron chi connectivity index (χ0n) is 8.45. The summed E-state index contributed by atoms with van der Waals surface area (Å²) in [5, 5.41) is 12.7. The van der Waals surface area contributed by atoms with Crippen LogP contribution in [-0.2, 0) is 0 Å². The predicted molar refractivity (Wildman–Crippen MR) is 57.9 cm³/mol. The Morgan fingerprint density at radius 1 is 1.29 bits per heavy atom. The maximum Gasteiger partial charge on any atom is 0.117 e. The highest BCUT2D eigenvalue weighted by molar-refractivity contribution is 5.56. The van der Waals surface area contributed by atoms with Crippen LogP contribution in [0.3, 0.4) is 0 Å². The number of piperazine rings is 1. The molecule has 1 aliphatic rings. The minimum absolute atomic E-state index is 0.351. The van der Waals surface area contributed by atoms with Gasteiger partial charge < -0.3 is 15.3 Å². The van der Waals surface area contributed by atoms with E-state index in [1.807, 2.05) is 12.1 Å². The number of nitrogens with one attached hydrogen (secondary N) is 1. The zero-order valence-corrected chi connectivity index (χ0v) is 8.45. The summed E-state index contributed by atoms with van der Waals surface area (Å²) in [7, 11) is 0. The van der Waals surface area contributed by atoms with Crippen LogP contribution in [0, 0.1) is 6.92 Å². The number of phenols is 1. The molecule has 0 aromatic heterocycles. The van der Waals surface area contributed by atoms with Gasteiger partial charge in [-0.05, 0) is 18.6 Å². The molecule has 0 saturated carbocycles. The van der Waals surface area contributed by atoms with Crippen molar-refractivity contribution in [3.63, 3.8) is 0 Å². The Bertz CT molecular complexity index is 319. The van der Waals surface area contributed by atoms with E-state index >= 15 is 0 Å². The van der Waals surface area contributed by atoms with Crippen LogP contribution in [-0.4, -0.2) is 31.3 Å². The standard InChI is InChI=1S/C11H16N2O/c1-9-2-3-10(14)8-11(9)13-6-4-12-5-7-13/h2-3,8,12,14H,4-7H2,1H3. The molecule has 1 fully saturated rings. The molecular formula is C11H16N2O. The van der Waals surface area contributed by atoms with Crippen LogP contribution in [0.25, 0.3) is 0 Å². The summed E-state index contributed by atoms with van der Waals surface area (Å²) in [6.07, 6.45) is 0. The van der Waals surface area contributed by atoms with E-state index in [0.29, 0.717) is 5.75 Å². The first-order valence-electron chi connectivity index (χ1n) is 5.02. The molecule has 3 nitrogen and oxygen atoms in total. The van der Waals surface area contributed by atoms with Crippen LogP contribution in [0.2, 0.25) is 0 Å². The van der Waals surface area contributed by atoms with E-state index < -0.39 is 0 Å². The summed E-state index contributed by atoms with van der Waals surface area (Å²) >= 11 is 0. The second kappa shape index (κ2) is 3.88. The van der Waals surface area contributed by atoms with Crippen LogP contribution in [0.15, 0.2) is 18.2 Å².